The molecule has 2 heterocycles. The van der Waals surface area contributed by atoms with E-state index in [1.807, 2.05) is 55.5 Å². The van der Waals surface area contributed by atoms with E-state index in [0.717, 1.165) is 30.5 Å². The van der Waals surface area contributed by atoms with Gasteiger partial charge in [-0.2, -0.15) is 0 Å². The second-order valence-corrected chi connectivity index (χ2v) is 8.10. The SMILES string of the molecule is Cc1ccc(Oc2nccnc2N2CCC[C@@H](C(=O)NCc3ccccc3Cl)C2)cc1. The molecule has 3 aromatic rings. The monoisotopic (exact) mass is 436 g/mol. The van der Waals surface area contributed by atoms with E-state index in [1.54, 1.807) is 12.4 Å². The van der Waals surface area contributed by atoms with Crippen molar-refractivity contribution in [2.24, 2.45) is 5.92 Å². The van der Waals surface area contributed by atoms with Crippen molar-refractivity contribution < 1.29 is 9.53 Å². The molecule has 4 rings (SSSR count). The number of anilines is 1. The zero-order valence-electron chi connectivity index (χ0n) is 17.4. The van der Waals surface area contributed by atoms with Crippen LogP contribution in [0.25, 0.3) is 0 Å². The third-order valence-electron chi connectivity index (χ3n) is 5.38. The lowest BCUT2D eigenvalue weighted by atomic mass is 9.97. The Kier molecular flexibility index (Phi) is 6.67. The third kappa shape index (κ3) is 5.33. The number of carbonyl (C=O) groups excluding carboxylic acids is 1. The number of amides is 1. The minimum atomic E-state index is -0.134. The quantitative estimate of drug-likeness (QED) is 0.603. The predicted molar refractivity (Wildman–Crippen MR) is 122 cm³/mol. The lowest BCUT2D eigenvalue weighted by molar-refractivity contribution is -0.125. The number of benzene rings is 2. The molecule has 0 saturated carbocycles. The van der Waals surface area contributed by atoms with E-state index in [0.29, 0.717) is 35.6 Å². The van der Waals surface area contributed by atoms with Crippen molar-refractivity contribution in [2.75, 3.05) is 18.0 Å². The van der Waals surface area contributed by atoms with Crippen LogP contribution in [-0.2, 0) is 11.3 Å². The second-order valence-electron chi connectivity index (χ2n) is 7.69. The van der Waals surface area contributed by atoms with Crippen LogP contribution in [0.15, 0.2) is 60.9 Å². The van der Waals surface area contributed by atoms with Crippen LogP contribution in [0.2, 0.25) is 5.02 Å². The Morgan fingerprint density at radius 2 is 1.94 bits per heavy atom. The van der Waals surface area contributed by atoms with Crippen LogP contribution in [0.3, 0.4) is 0 Å². The topological polar surface area (TPSA) is 67.4 Å². The van der Waals surface area contributed by atoms with Crippen molar-refractivity contribution in [1.82, 2.24) is 15.3 Å². The van der Waals surface area contributed by atoms with E-state index < -0.39 is 0 Å². The van der Waals surface area contributed by atoms with E-state index in [9.17, 15) is 4.79 Å². The predicted octanol–water partition coefficient (Wildman–Crippen LogP) is 4.76. The molecule has 0 spiro atoms. The summed E-state index contributed by atoms with van der Waals surface area (Å²) in [7, 11) is 0. The molecule has 7 heteroatoms. The number of halogens is 1. The Labute approximate surface area is 187 Å². The number of hydrogen-bond acceptors (Lipinski definition) is 5. The van der Waals surface area contributed by atoms with Crippen LogP contribution in [0.4, 0.5) is 5.82 Å². The molecule has 0 bridgehead atoms. The molecule has 1 N–H and O–H groups in total. The zero-order valence-corrected chi connectivity index (χ0v) is 18.2. The number of ether oxygens (including phenoxy) is 1. The molecular formula is C24H25ClN4O2. The Morgan fingerprint density at radius 3 is 2.74 bits per heavy atom. The highest BCUT2D eigenvalue weighted by molar-refractivity contribution is 6.31. The first kappa shape index (κ1) is 21.1. The van der Waals surface area contributed by atoms with Crippen LogP contribution in [-0.4, -0.2) is 29.0 Å². The van der Waals surface area contributed by atoms with Gasteiger partial charge in [-0.15, -0.1) is 0 Å². The van der Waals surface area contributed by atoms with Crippen molar-refractivity contribution >= 4 is 23.3 Å². The van der Waals surface area contributed by atoms with Gasteiger partial charge in [0, 0.05) is 37.1 Å². The Bertz CT molecular complexity index is 1040. The first-order chi connectivity index (χ1) is 15.1. The van der Waals surface area contributed by atoms with Crippen molar-refractivity contribution in [1.29, 1.82) is 0 Å². The molecule has 1 amide bonds. The van der Waals surface area contributed by atoms with Crippen LogP contribution in [0.5, 0.6) is 11.6 Å². The highest BCUT2D eigenvalue weighted by Crippen LogP contribution is 2.31. The highest BCUT2D eigenvalue weighted by atomic mass is 35.5. The van der Waals surface area contributed by atoms with Gasteiger partial charge in [0.25, 0.3) is 5.88 Å². The molecule has 6 nitrogen and oxygen atoms in total. The molecule has 1 fully saturated rings. The van der Waals surface area contributed by atoms with Crippen molar-refractivity contribution in [3.8, 4) is 11.6 Å². The third-order valence-corrected chi connectivity index (χ3v) is 5.75. The van der Waals surface area contributed by atoms with Gasteiger partial charge in [-0.1, -0.05) is 47.5 Å². The number of nitrogens with one attached hydrogen (secondary N) is 1. The van der Waals surface area contributed by atoms with Crippen LogP contribution < -0.4 is 15.0 Å². The lowest BCUT2D eigenvalue weighted by Crippen LogP contribution is -2.43. The van der Waals surface area contributed by atoms with Gasteiger partial charge in [0.2, 0.25) is 5.91 Å². The molecule has 160 valence electrons. The van der Waals surface area contributed by atoms with Gasteiger partial charge in [-0.05, 0) is 43.5 Å². The fourth-order valence-corrected chi connectivity index (χ4v) is 3.88. The summed E-state index contributed by atoms with van der Waals surface area (Å²) >= 11 is 6.20. The van der Waals surface area contributed by atoms with Crippen LogP contribution >= 0.6 is 11.6 Å². The maximum absolute atomic E-state index is 12.8. The van der Waals surface area contributed by atoms with Gasteiger partial charge in [0.1, 0.15) is 5.75 Å². The largest absolute Gasteiger partial charge is 0.436 e. The molecular weight excluding hydrogens is 412 g/mol. The molecule has 0 aliphatic carbocycles. The number of carbonyl (C=O) groups is 1. The summed E-state index contributed by atoms with van der Waals surface area (Å²) in [5.41, 5.74) is 2.07. The van der Waals surface area contributed by atoms with Crippen molar-refractivity contribution in [2.45, 2.75) is 26.3 Å². The van der Waals surface area contributed by atoms with Crippen molar-refractivity contribution in [3.63, 3.8) is 0 Å². The Hall–Kier alpha value is -3.12. The number of aromatic nitrogens is 2. The summed E-state index contributed by atoms with van der Waals surface area (Å²) < 4.78 is 6.00. The highest BCUT2D eigenvalue weighted by Gasteiger charge is 2.28. The fourth-order valence-electron chi connectivity index (χ4n) is 3.68. The minimum absolute atomic E-state index is 0.0227. The summed E-state index contributed by atoms with van der Waals surface area (Å²) in [6.07, 6.45) is 4.99. The van der Waals surface area contributed by atoms with E-state index >= 15 is 0 Å². The zero-order chi connectivity index (χ0) is 21.6. The summed E-state index contributed by atoms with van der Waals surface area (Å²) in [6, 6.07) is 15.4. The molecule has 1 aromatic heterocycles. The maximum atomic E-state index is 12.8. The van der Waals surface area contributed by atoms with Gasteiger partial charge in [0.05, 0.1) is 5.92 Å². The van der Waals surface area contributed by atoms with Gasteiger partial charge in [-0.3, -0.25) is 4.79 Å². The minimum Gasteiger partial charge on any atom is -0.436 e. The van der Waals surface area contributed by atoms with E-state index in [4.69, 9.17) is 16.3 Å². The Balaban J connectivity index is 1.43. The van der Waals surface area contributed by atoms with Gasteiger partial charge in [-0.25, -0.2) is 9.97 Å². The molecule has 1 saturated heterocycles. The van der Waals surface area contributed by atoms with Crippen LogP contribution in [0.1, 0.15) is 24.0 Å². The molecule has 31 heavy (non-hydrogen) atoms. The fraction of sp³-hybridized carbons (Fsp3) is 0.292. The number of piperidine rings is 1. The smallest absolute Gasteiger partial charge is 0.263 e. The average molecular weight is 437 g/mol. The van der Waals surface area contributed by atoms with Crippen LogP contribution in [0, 0.1) is 12.8 Å². The molecule has 0 radical (unpaired) electrons. The van der Waals surface area contributed by atoms with E-state index in [-0.39, 0.29) is 11.8 Å². The molecule has 1 atom stereocenters. The van der Waals surface area contributed by atoms with Gasteiger partial charge in [0.15, 0.2) is 5.82 Å². The number of rotatable bonds is 6. The van der Waals surface area contributed by atoms with Crippen molar-refractivity contribution in [3.05, 3.63) is 77.1 Å². The summed E-state index contributed by atoms with van der Waals surface area (Å²) in [5.74, 6) is 1.70. The van der Waals surface area contributed by atoms with E-state index in [1.165, 1.54) is 0 Å². The second kappa shape index (κ2) is 9.79. The van der Waals surface area contributed by atoms with Gasteiger partial charge >= 0.3 is 0 Å². The molecule has 0 unspecified atom stereocenters. The van der Waals surface area contributed by atoms with Gasteiger partial charge < -0.3 is 15.0 Å². The Morgan fingerprint density at radius 1 is 1.16 bits per heavy atom. The standard InChI is InChI=1S/C24H25ClN4O2/c1-17-8-10-20(11-9-17)31-24-22(26-12-13-27-24)29-14-4-6-19(16-29)23(30)28-15-18-5-2-3-7-21(18)25/h2-3,5,7-13,19H,4,6,14-16H2,1H3,(H,28,30)/t19-/m1/s1. The average Bonchev–Trinajstić information content (AvgIpc) is 2.80. The molecule has 1 aliphatic heterocycles. The maximum Gasteiger partial charge on any atom is 0.263 e. The first-order valence-corrected chi connectivity index (χ1v) is 10.8. The number of aryl methyl sites for hydroxylation is 1. The first-order valence-electron chi connectivity index (χ1n) is 10.4. The molecule has 1 aliphatic rings. The lowest BCUT2D eigenvalue weighted by Gasteiger charge is -2.33. The summed E-state index contributed by atoms with van der Waals surface area (Å²) in [4.78, 5) is 23.8. The summed E-state index contributed by atoms with van der Waals surface area (Å²) in [5, 5.41) is 3.68. The molecule has 2 aromatic carbocycles. The number of hydrogen-bond donors (Lipinski definition) is 1. The summed E-state index contributed by atoms with van der Waals surface area (Å²) in [6.45, 7) is 3.82. The normalized spacial score (nSPS) is 16.1. The van der Waals surface area contributed by atoms with E-state index in [2.05, 4.69) is 20.2 Å². The number of nitrogens with zero attached hydrogens (tertiary/aromatic N) is 3.